The molecule has 4 rings (SSSR count). The Hall–Kier alpha value is -2.03. The molecule has 2 aromatic heterocycles. The third kappa shape index (κ3) is 4.47. The molecule has 1 unspecified atom stereocenters. The Kier molecular flexibility index (Phi) is 6.60. The van der Waals surface area contributed by atoms with Gasteiger partial charge in [0.25, 0.3) is 5.56 Å². The molecule has 7 heteroatoms. The maximum absolute atomic E-state index is 12.9. The highest BCUT2D eigenvalue weighted by molar-refractivity contribution is 7.19. The van der Waals surface area contributed by atoms with Crippen LogP contribution in [0.25, 0.3) is 21.2 Å². The van der Waals surface area contributed by atoms with Crippen LogP contribution in [0.2, 0.25) is 0 Å². The SMILES string of the molecule is CCc1ccc(-c2cn(C)c(=O)c3cc(CN4CCN(NOC)CC4C)sc23)c(C)c1. The smallest absolute Gasteiger partial charge is 0.259 e. The van der Waals surface area contributed by atoms with Crippen LogP contribution in [-0.4, -0.2) is 47.3 Å². The van der Waals surface area contributed by atoms with Crippen LogP contribution in [0.1, 0.15) is 29.9 Å². The fraction of sp³-hybridized carbons (Fsp3) is 0.458. The number of benzene rings is 1. The van der Waals surface area contributed by atoms with Crippen LogP contribution < -0.4 is 11.1 Å². The summed E-state index contributed by atoms with van der Waals surface area (Å²) in [4.78, 5) is 21.7. The van der Waals surface area contributed by atoms with Crippen molar-refractivity contribution in [2.24, 2.45) is 7.05 Å². The van der Waals surface area contributed by atoms with Crippen molar-refractivity contribution in [1.82, 2.24) is 20.1 Å². The molecule has 0 aliphatic carbocycles. The maximum atomic E-state index is 12.9. The van der Waals surface area contributed by atoms with Gasteiger partial charge in [-0.25, -0.2) is 5.01 Å². The van der Waals surface area contributed by atoms with Crippen LogP contribution in [-0.2, 0) is 24.9 Å². The molecule has 1 N–H and O–H groups in total. The number of hydrogen-bond donors (Lipinski definition) is 1. The van der Waals surface area contributed by atoms with Gasteiger partial charge in [0.15, 0.2) is 0 Å². The second-order valence-electron chi connectivity index (χ2n) is 8.48. The second kappa shape index (κ2) is 9.22. The van der Waals surface area contributed by atoms with E-state index in [1.54, 1.807) is 23.0 Å². The summed E-state index contributed by atoms with van der Waals surface area (Å²) in [5.74, 6) is 0. The summed E-state index contributed by atoms with van der Waals surface area (Å²) < 4.78 is 2.82. The van der Waals surface area contributed by atoms with Crippen LogP contribution in [0.5, 0.6) is 0 Å². The Bertz CT molecular complexity index is 1140. The predicted octanol–water partition coefficient (Wildman–Crippen LogP) is 3.71. The van der Waals surface area contributed by atoms with Crippen LogP contribution in [0, 0.1) is 6.92 Å². The molecular formula is C24H32N4O2S. The molecule has 0 spiro atoms. The molecule has 0 amide bonds. The van der Waals surface area contributed by atoms with Gasteiger partial charge in [-0.1, -0.05) is 25.1 Å². The minimum atomic E-state index is 0.0752. The number of nitrogens with zero attached hydrogens (tertiary/aromatic N) is 3. The molecule has 0 bridgehead atoms. The number of fused-ring (bicyclic) bond motifs is 1. The summed E-state index contributed by atoms with van der Waals surface area (Å²) in [6, 6.07) is 9.16. The quantitative estimate of drug-likeness (QED) is 0.592. The average Bonchev–Trinajstić information content (AvgIpc) is 3.17. The topological polar surface area (TPSA) is 49.7 Å². The zero-order valence-electron chi connectivity index (χ0n) is 19.1. The van der Waals surface area contributed by atoms with Crippen molar-refractivity contribution in [1.29, 1.82) is 0 Å². The first-order valence-corrected chi connectivity index (χ1v) is 11.7. The monoisotopic (exact) mass is 440 g/mol. The van der Waals surface area contributed by atoms with E-state index in [1.165, 1.54) is 21.6 Å². The van der Waals surface area contributed by atoms with Gasteiger partial charge in [-0.05, 0) is 43.0 Å². The zero-order chi connectivity index (χ0) is 22.1. The van der Waals surface area contributed by atoms with E-state index < -0.39 is 0 Å². The fourth-order valence-corrected chi connectivity index (χ4v) is 5.66. The van der Waals surface area contributed by atoms with Gasteiger partial charge >= 0.3 is 0 Å². The molecule has 166 valence electrons. The summed E-state index contributed by atoms with van der Waals surface area (Å²) in [7, 11) is 3.49. The molecule has 1 fully saturated rings. The molecule has 3 aromatic rings. The van der Waals surface area contributed by atoms with E-state index in [0.29, 0.717) is 6.04 Å². The number of pyridine rings is 1. The number of piperazine rings is 1. The van der Waals surface area contributed by atoms with E-state index in [0.717, 1.165) is 48.2 Å². The first kappa shape index (κ1) is 22.2. The van der Waals surface area contributed by atoms with Gasteiger partial charge in [0, 0.05) is 60.6 Å². The Morgan fingerprint density at radius 2 is 2.03 bits per heavy atom. The summed E-state index contributed by atoms with van der Waals surface area (Å²) in [5, 5.41) is 2.93. The number of hydrogen-bond acceptors (Lipinski definition) is 6. The van der Waals surface area contributed by atoms with Crippen LogP contribution in [0.15, 0.2) is 35.3 Å². The van der Waals surface area contributed by atoms with Crippen molar-refractivity contribution in [3.8, 4) is 11.1 Å². The lowest BCUT2D eigenvalue weighted by Gasteiger charge is -2.39. The molecule has 1 aromatic carbocycles. The van der Waals surface area contributed by atoms with Crippen LogP contribution in [0.4, 0.5) is 0 Å². The summed E-state index contributed by atoms with van der Waals surface area (Å²) in [6.07, 6.45) is 3.02. The third-order valence-electron chi connectivity index (χ3n) is 6.23. The van der Waals surface area contributed by atoms with Gasteiger partial charge in [0.2, 0.25) is 0 Å². The van der Waals surface area contributed by atoms with E-state index in [2.05, 4.69) is 60.5 Å². The van der Waals surface area contributed by atoms with E-state index >= 15 is 0 Å². The zero-order valence-corrected chi connectivity index (χ0v) is 19.9. The second-order valence-corrected chi connectivity index (χ2v) is 9.61. The standard InChI is InChI=1S/C24H32N4O2S/c1-6-18-7-8-20(16(2)11-18)22-15-26(4)24(29)21-12-19(31-23(21)22)14-27-9-10-28(25-30-5)13-17(27)3/h7-8,11-12,15,17,25H,6,9-10,13-14H2,1-5H3. The number of nitrogens with one attached hydrogen (secondary N) is 1. The van der Waals surface area contributed by atoms with E-state index in [-0.39, 0.29) is 5.56 Å². The first-order chi connectivity index (χ1) is 14.9. The molecule has 3 heterocycles. The average molecular weight is 441 g/mol. The number of aryl methyl sites for hydroxylation is 3. The molecule has 1 aliphatic heterocycles. The van der Waals surface area contributed by atoms with E-state index in [1.807, 2.05) is 13.2 Å². The van der Waals surface area contributed by atoms with Gasteiger partial charge in [-0.15, -0.1) is 16.9 Å². The van der Waals surface area contributed by atoms with Gasteiger partial charge in [0.1, 0.15) is 0 Å². The van der Waals surface area contributed by atoms with Crippen LogP contribution >= 0.6 is 11.3 Å². The van der Waals surface area contributed by atoms with Crippen molar-refractivity contribution >= 4 is 21.4 Å². The Labute approximate surface area is 188 Å². The molecule has 6 nitrogen and oxygen atoms in total. The molecule has 0 saturated carbocycles. The summed E-state index contributed by atoms with van der Waals surface area (Å²) in [6.45, 7) is 10.2. The third-order valence-corrected chi connectivity index (χ3v) is 7.39. The lowest BCUT2D eigenvalue weighted by atomic mass is 9.98. The van der Waals surface area contributed by atoms with Crippen molar-refractivity contribution in [3.05, 3.63) is 56.8 Å². The van der Waals surface area contributed by atoms with E-state index in [9.17, 15) is 4.79 Å². The Balaban J connectivity index is 1.68. The highest BCUT2D eigenvalue weighted by atomic mass is 32.1. The molecule has 0 radical (unpaired) electrons. The number of rotatable bonds is 6. The summed E-state index contributed by atoms with van der Waals surface area (Å²) >= 11 is 1.76. The lowest BCUT2D eigenvalue weighted by molar-refractivity contribution is -0.0880. The fourth-order valence-electron chi connectivity index (χ4n) is 4.46. The number of hydrazine groups is 1. The van der Waals surface area contributed by atoms with Crippen molar-refractivity contribution in [2.45, 2.75) is 39.8 Å². The maximum Gasteiger partial charge on any atom is 0.259 e. The number of thiophene rings is 1. The lowest BCUT2D eigenvalue weighted by Crippen LogP contribution is -2.55. The van der Waals surface area contributed by atoms with Gasteiger partial charge < -0.3 is 4.57 Å². The number of aromatic nitrogens is 1. The van der Waals surface area contributed by atoms with Crippen molar-refractivity contribution in [3.63, 3.8) is 0 Å². The van der Waals surface area contributed by atoms with E-state index in [4.69, 9.17) is 4.84 Å². The van der Waals surface area contributed by atoms with Gasteiger partial charge in [-0.2, -0.15) is 0 Å². The highest BCUT2D eigenvalue weighted by Gasteiger charge is 2.25. The Morgan fingerprint density at radius 1 is 1.23 bits per heavy atom. The molecule has 1 saturated heterocycles. The summed E-state index contributed by atoms with van der Waals surface area (Å²) in [5.41, 5.74) is 7.96. The first-order valence-electron chi connectivity index (χ1n) is 10.9. The van der Waals surface area contributed by atoms with Crippen molar-refractivity contribution < 1.29 is 4.84 Å². The van der Waals surface area contributed by atoms with Crippen LogP contribution in [0.3, 0.4) is 0 Å². The molecule has 1 aliphatic rings. The molecular weight excluding hydrogens is 408 g/mol. The largest absolute Gasteiger partial charge is 0.317 e. The van der Waals surface area contributed by atoms with Crippen molar-refractivity contribution in [2.75, 3.05) is 26.7 Å². The normalized spacial score (nSPS) is 18.2. The Morgan fingerprint density at radius 3 is 2.71 bits per heavy atom. The van der Waals surface area contributed by atoms with Gasteiger partial charge in [0.05, 0.1) is 12.5 Å². The van der Waals surface area contributed by atoms with Gasteiger partial charge in [-0.3, -0.25) is 14.5 Å². The highest BCUT2D eigenvalue weighted by Crippen LogP contribution is 2.35. The predicted molar refractivity (Wildman–Crippen MR) is 128 cm³/mol. The minimum Gasteiger partial charge on any atom is -0.317 e. The minimum absolute atomic E-state index is 0.0752. The molecule has 31 heavy (non-hydrogen) atoms. The molecule has 1 atom stereocenters.